The lowest BCUT2D eigenvalue weighted by molar-refractivity contribution is -0.384. The first-order valence-corrected chi connectivity index (χ1v) is 12.7. The molecule has 10 heteroatoms. The van der Waals surface area contributed by atoms with Crippen LogP contribution < -0.4 is 10.6 Å². The lowest BCUT2D eigenvalue weighted by atomic mass is 10.1. The zero-order valence-corrected chi connectivity index (χ0v) is 21.5. The highest BCUT2D eigenvalue weighted by molar-refractivity contribution is 6.68. The van der Waals surface area contributed by atoms with E-state index in [2.05, 4.69) is 17.6 Å². The van der Waals surface area contributed by atoms with E-state index in [1.165, 1.54) is 69.6 Å². The fraction of sp³-hybridized carbons (Fsp3) is 0.682. The van der Waals surface area contributed by atoms with E-state index in [1.54, 1.807) is 0 Å². The molecular formula is C22H33Cl4N3O3. The van der Waals surface area contributed by atoms with Crippen LogP contribution >= 0.6 is 46.4 Å². The molecule has 0 aromatic heterocycles. The molecule has 6 nitrogen and oxygen atoms in total. The maximum absolute atomic E-state index is 12.3. The summed E-state index contributed by atoms with van der Waals surface area (Å²) in [5.74, 6) is -0.247. The third-order valence-electron chi connectivity index (χ3n) is 5.10. The van der Waals surface area contributed by atoms with Gasteiger partial charge in [-0.25, -0.2) is 0 Å². The molecule has 0 aliphatic carbocycles. The zero-order chi connectivity index (χ0) is 24.0. The van der Waals surface area contributed by atoms with Crippen LogP contribution in [0, 0.1) is 10.1 Å². The summed E-state index contributed by atoms with van der Waals surface area (Å²) in [5.41, 5.74) is 0.148. The molecule has 0 radical (unpaired) electrons. The molecule has 0 saturated heterocycles. The van der Waals surface area contributed by atoms with Gasteiger partial charge < -0.3 is 10.6 Å². The molecule has 1 atom stereocenters. The summed E-state index contributed by atoms with van der Waals surface area (Å²) in [5, 5.41) is 16.4. The molecule has 0 spiro atoms. The molecule has 0 heterocycles. The Hall–Kier alpha value is -0.950. The van der Waals surface area contributed by atoms with Crippen molar-refractivity contribution in [2.45, 2.75) is 93.9 Å². The van der Waals surface area contributed by atoms with Crippen molar-refractivity contribution in [2.24, 2.45) is 0 Å². The predicted molar refractivity (Wildman–Crippen MR) is 135 cm³/mol. The number of nitrogens with one attached hydrogen (secondary N) is 2. The number of non-ortho nitro benzene ring substituents is 1. The van der Waals surface area contributed by atoms with Crippen molar-refractivity contribution in [3.05, 3.63) is 33.3 Å². The Balaban J connectivity index is 2.35. The van der Waals surface area contributed by atoms with Gasteiger partial charge >= 0.3 is 0 Å². The Bertz CT molecular complexity index is 714. The smallest absolute Gasteiger partial charge is 0.271 e. The first-order chi connectivity index (χ1) is 15.1. The second kappa shape index (κ2) is 15.8. The highest BCUT2D eigenvalue weighted by atomic mass is 35.6. The van der Waals surface area contributed by atoms with Crippen LogP contribution in [0.25, 0.3) is 0 Å². The lowest BCUT2D eigenvalue weighted by Gasteiger charge is -2.27. The quantitative estimate of drug-likeness (QED) is 0.0744. The molecule has 182 valence electrons. The molecule has 1 aromatic carbocycles. The first-order valence-electron chi connectivity index (χ1n) is 11.2. The van der Waals surface area contributed by atoms with Gasteiger partial charge in [0.1, 0.15) is 6.17 Å². The molecule has 0 fully saturated rings. The number of carbonyl (C=O) groups is 1. The molecular weight excluding hydrogens is 496 g/mol. The van der Waals surface area contributed by atoms with Gasteiger partial charge in [0, 0.05) is 18.6 Å². The second-order valence-corrected chi connectivity index (χ2v) is 10.7. The molecule has 0 unspecified atom stereocenters. The highest BCUT2D eigenvalue weighted by Crippen LogP contribution is 2.34. The van der Waals surface area contributed by atoms with Gasteiger partial charge in [0.15, 0.2) is 0 Å². The van der Waals surface area contributed by atoms with Gasteiger partial charge in [0.25, 0.3) is 5.69 Å². The summed E-state index contributed by atoms with van der Waals surface area (Å²) >= 11 is 24.1. The van der Waals surface area contributed by atoms with Gasteiger partial charge in [0.05, 0.1) is 15.6 Å². The van der Waals surface area contributed by atoms with Gasteiger partial charge in [-0.05, 0) is 12.5 Å². The fourth-order valence-electron chi connectivity index (χ4n) is 3.27. The Labute approximate surface area is 210 Å². The Morgan fingerprint density at radius 1 is 1.00 bits per heavy atom. The summed E-state index contributed by atoms with van der Waals surface area (Å²) in [7, 11) is 0. The Kier molecular flexibility index (Phi) is 14.4. The molecule has 0 aliphatic rings. The normalized spacial score (nSPS) is 12.4. The lowest BCUT2D eigenvalue weighted by Crippen LogP contribution is -2.49. The van der Waals surface area contributed by atoms with Crippen LogP contribution in [0.2, 0.25) is 5.02 Å². The van der Waals surface area contributed by atoms with Crippen LogP contribution in [0.5, 0.6) is 0 Å². The minimum atomic E-state index is -1.85. The zero-order valence-electron chi connectivity index (χ0n) is 18.5. The van der Waals surface area contributed by atoms with Crippen LogP contribution in [0.1, 0.15) is 84.0 Å². The molecule has 0 saturated carbocycles. The molecule has 1 rings (SSSR count). The SMILES string of the molecule is CCCCCCCCCCCCCC(=O)N[C@H](Nc1ccc([N+](=O)[O-])cc1Cl)C(Cl)(Cl)Cl. The van der Waals surface area contributed by atoms with Crippen molar-refractivity contribution in [3.8, 4) is 0 Å². The number of rotatable bonds is 16. The third-order valence-corrected chi connectivity index (χ3v) is 6.07. The molecule has 0 bridgehead atoms. The van der Waals surface area contributed by atoms with E-state index >= 15 is 0 Å². The minimum Gasteiger partial charge on any atom is -0.361 e. The second-order valence-electron chi connectivity index (χ2n) is 7.89. The van der Waals surface area contributed by atoms with Crippen molar-refractivity contribution in [3.63, 3.8) is 0 Å². The number of amides is 1. The van der Waals surface area contributed by atoms with Crippen LogP contribution in [0.3, 0.4) is 0 Å². The van der Waals surface area contributed by atoms with Crippen LogP contribution in [-0.2, 0) is 4.79 Å². The topological polar surface area (TPSA) is 84.3 Å². The number of carbonyl (C=O) groups excluding carboxylic acids is 1. The van der Waals surface area contributed by atoms with E-state index in [9.17, 15) is 14.9 Å². The standard InChI is InChI=1S/C22H33Cl4N3O3/c1-2-3-4-5-6-7-8-9-10-11-12-13-20(30)28-21(22(24,25)26)27-19-15-14-17(29(31)32)16-18(19)23/h14-16,21,27H,2-13H2,1H3,(H,28,30)/t21-/m0/s1. The number of nitrogens with zero attached hydrogens (tertiary/aromatic N) is 1. The number of halogens is 4. The van der Waals surface area contributed by atoms with Gasteiger partial charge in [-0.3, -0.25) is 14.9 Å². The summed E-state index contributed by atoms with van der Waals surface area (Å²) in [6.07, 6.45) is 12.4. The molecule has 1 amide bonds. The fourth-order valence-corrected chi connectivity index (χ4v) is 3.83. The third kappa shape index (κ3) is 12.3. The van der Waals surface area contributed by atoms with Gasteiger partial charge in [0.2, 0.25) is 9.70 Å². The van der Waals surface area contributed by atoms with Crippen molar-refractivity contribution in [2.75, 3.05) is 5.32 Å². The number of hydrogen-bond acceptors (Lipinski definition) is 4. The maximum Gasteiger partial charge on any atom is 0.271 e. The Morgan fingerprint density at radius 2 is 1.53 bits per heavy atom. The van der Waals surface area contributed by atoms with Crippen molar-refractivity contribution >= 4 is 63.7 Å². The molecule has 32 heavy (non-hydrogen) atoms. The van der Waals surface area contributed by atoms with E-state index in [0.29, 0.717) is 12.1 Å². The van der Waals surface area contributed by atoms with E-state index in [4.69, 9.17) is 46.4 Å². The van der Waals surface area contributed by atoms with Gasteiger partial charge in [-0.1, -0.05) is 118 Å². The van der Waals surface area contributed by atoms with Gasteiger partial charge in [-0.15, -0.1) is 0 Å². The van der Waals surface area contributed by atoms with Crippen LogP contribution in [-0.4, -0.2) is 20.8 Å². The molecule has 1 aromatic rings. The molecule has 2 N–H and O–H groups in total. The number of unbranched alkanes of at least 4 members (excludes halogenated alkanes) is 10. The first kappa shape index (κ1) is 29.1. The average molecular weight is 529 g/mol. The predicted octanol–water partition coefficient (Wildman–Crippen LogP) is 8.17. The van der Waals surface area contributed by atoms with Crippen molar-refractivity contribution < 1.29 is 9.72 Å². The molecule has 0 aliphatic heterocycles. The van der Waals surface area contributed by atoms with Gasteiger partial charge in [-0.2, -0.15) is 0 Å². The van der Waals surface area contributed by atoms with Crippen LogP contribution in [0.15, 0.2) is 18.2 Å². The average Bonchev–Trinajstić information content (AvgIpc) is 2.72. The van der Waals surface area contributed by atoms with Crippen molar-refractivity contribution in [1.29, 1.82) is 0 Å². The minimum absolute atomic E-state index is 0.0815. The van der Waals surface area contributed by atoms with E-state index in [0.717, 1.165) is 19.3 Å². The Morgan fingerprint density at radius 3 is 2.00 bits per heavy atom. The monoisotopic (exact) mass is 527 g/mol. The number of alkyl halides is 3. The largest absolute Gasteiger partial charge is 0.361 e. The number of hydrogen-bond donors (Lipinski definition) is 2. The number of benzene rings is 1. The maximum atomic E-state index is 12.3. The highest BCUT2D eigenvalue weighted by Gasteiger charge is 2.34. The summed E-state index contributed by atoms with van der Waals surface area (Å²) in [6, 6.07) is 3.86. The summed E-state index contributed by atoms with van der Waals surface area (Å²) in [6.45, 7) is 2.23. The summed E-state index contributed by atoms with van der Waals surface area (Å²) in [4.78, 5) is 22.6. The number of nitro groups is 1. The number of anilines is 1. The van der Waals surface area contributed by atoms with E-state index in [1.807, 2.05) is 0 Å². The summed E-state index contributed by atoms with van der Waals surface area (Å²) < 4.78 is -1.85. The van der Waals surface area contributed by atoms with E-state index in [-0.39, 0.29) is 16.6 Å². The van der Waals surface area contributed by atoms with E-state index < -0.39 is 14.9 Å². The van der Waals surface area contributed by atoms with Crippen molar-refractivity contribution in [1.82, 2.24) is 5.32 Å². The van der Waals surface area contributed by atoms with Crippen LogP contribution in [0.4, 0.5) is 11.4 Å². The number of nitro benzene ring substituents is 1.